The van der Waals surface area contributed by atoms with Gasteiger partial charge in [0.1, 0.15) is 17.3 Å². The molecule has 0 radical (unpaired) electrons. The quantitative estimate of drug-likeness (QED) is 0.781. The largest absolute Gasteiger partial charge is 0.392 e. The van der Waals surface area contributed by atoms with Gasteiger partial charge in [0.15, 0.2) is 0 Å². The smallest absolute Gasteiger partial charge is 0.255 e. The standard InChI is InChI=1S/C9H12ClN5O/c1-5(16)3-11-8-6(2)7(10)14-9-12-4-13-15(8)9/h4-5,11,16H,3H2,1-2H3. The third-order valence-corrected chi connectivity index (χ3v) is 2.54. The number of anilines is 1. The molecule has 0 aliphatic heterocycles. The Morgan fingerprint density at radius 3 is 3.06 bits per heavy atom. The fraction of sp³-hybridized carbons (Fsp3) is 0.444. The molecule has 1 unspecified atom stereocenters. The van der Waals surface area contributed by atoms with E-state index in [1.807, 2.05) is 6.92 Å². The van der Waals surface area contributed by atoms with Gasteiger partial charge in [0.2, 0.25) is 0 Å². The molecule has 0 saturated carbocycles. The van der Waals surface area contributed by atoms with Crippen molar-refractivity contribution in [2.75, 3.05) is 11.9 Å². The first-order valence-corrected chi connectivity index (χ1v) is 5.25. The fourth-order valence-electron chi connectivity index (χ4n) is 1.35. The Morgan fingerprint density at radius 1 is 1.62 bits per heavy atom. The lowest BCUT2D eigenvalue weighted by Gasteiger charge is -2.12. The highest BCUT2D eigenvalue weighted by Crippen LogP contribution is 2.21. The average Bonchev–Trinajstić information content (AvgIpc) is 2.65. The Morgan fingerprint density at radius 2 is 2.38 bits per heavy atom. The Hall–Kier alpha value is -1.40. The topological polar surface area (TPSA) is 75.3 Å². The van der Waals surface area contributed by atoms with Crippen LogP contribution in [0.4, 0.5) is 5.82 Å². The van der Waals surface area contributed by atoms with Crippen molar-refractivity contribution >= 4 is 23.2 Å². The summed E-state index contributed by atoms with van der Waals surface area (Å²) in [5, 5.41) is 16.7. The Bertz CT molecular complexity index is 510. The number of rotatable bonds is 3. The van der Waals surface area contributed by atoms with Crippen LogP contribution in [-0.4, -0.2) is 37.3 Å². The number of aliphatic hydroxyl groups is 1. The summed E-state index contributed by atoms with van der Waals surface area (Å²) in [6.07, 6.45) is 0.955. The van der Waals surface area contributed by atoms with Crippen molar-refractivity contribution in [2.45, 2.75) is 20.0 Å². The third kappa shape index (κ3) is 1.94. The lowest BCUT2D eigenvalue weighted by Crippen LogP contribution is -2.18. The molecule has 6 nitrogen and oxygen atoms in total. The minimum absolute atomic E-state index is 0.383. The monoisotopic (exact) mass is 241 g/mol. The molecule has 86 valence electrons. The molecule has 16 heavy (non-hydrogen) atoms. The SMILES string of the molecule is Cc1c(Cl)nc2ncnn2c1NCC(C)O. The maximum absolute atomic E-state index is 9.24. The number of aliphatic hydroxyl groups excluding tert-OH is 1. The molecule has 0 aliphatic rings. The molecule has 2 aromatic rings. The number of nitrogens with zero attached hydrogens (tertiary/aromatic N) is 4. The average molecular weight is 242 g/mol. The molecular weight excluding hydrogens is 230 g/mol. The first-order chi connectivity index (χ1) is 7.59. The van der Waals surface area contributed by atoms with Crippen molar-refractivity contribution in [3.63, 3.8) is 0 Å². The minimum Gasteiger partial charge on any atom is -0.392 e. The van der Waals surface area contributed by atoms with Crippen LogP contribution in [0.1, 0.15) is 12.5 Å². The molecule has 1 atom stereocenters. The summed E-state index contributed by atoms with van der Waals surface area (Å²) >= 11 is 5.97. The first kappa shape index (κ1) is 11.1. The normalized spacial score (nSPS) is 13.0. The Kier molecular flexibility index (Phi) is 2.93. The summed E-state index contributed by atoms with van der Waals surface area (Å²) in [4.78, 5) is 8.04. The molecule has 2 aromatic heterocycles. The maximum atomic E-state index is 9.24. The predicted octanol–water partition coefficient (Wildman–Crippen LogP) is 0.879. The van der Waals surface area contributed by atoms with Crippen molar-refractivity contribution in [3.8, 4) is 0 Å². The number of nitrogens with one attached hydrogen (secondary N) is 1. The number of hydrogen-bond donors (Lipinski definition) is 2. The summed E-state index contributed by atoms with van der Waals surface area (Å²) in [5.41, 5.74) is 0.778. The predicted molar refractivity (Wildman–Crippen MR) is 60.7 cm³/mol. The number of fused-ring (bicyclic) bond motifs is 1. The molecular formula is C9H12ClN5O. The molecule has 0 spiro atoms. The summed E-state index contributed by atoms with van der Waals surface area (Å²) in [5.74, 6) is 1.14. The van der Waals surface area contributed by atoms with Crippen molar-refractivity contribution in [2.24, 2.45) is 0 Å². The van der Waals surface area contributed by atoms with E-state index in [1.54, 1.807) is 11.4 Å². The Labute approximate surface area is 97.3 Å². The summed E-state index contributed by atoms with van der Waals surface area (Å²) < 4.78 is 1.56. The van der Waals surface area contributed by atoms with Crippen LogP contribution in [0, 0.1) is 6.92 Å². The van der Waals surface area contributed by atoms with Crippen LogP contribution in [0.15, 0.2) is 6.33 Å². The minimum atomic E-state index is -0.454. The van der Waals surface area contributed by atoms with Gasteiger partial charge in [-0.2, -0.15) is 19.6 Å². The van der Waals surface area contributed by atoms with Gasteiger partial charge in [-0.15, -0.1) is 0 Å². The highest BCUT2D eigenvalue weighted by Gasteiger charge is 2.12. The molecule has 2 rings (SSSR count). The molecule has 0 saturated heterocycles. The summed E-state index contributed by atoms with van der Waals surface area (Å²) in [6, 6.07) is 0. The van der Waals surface area contributed by atoms with E-state index in [0.717, 1.165) is 5.56 Å². The molecule has 0 bridgehead atoms. The lowest BCUT2D eigenvalue weighted by molar-refractivity contribution is 0.208. The van der Waals surface area contributed by atoms with E-state index in [2.05, 4.69) is 20.4 Å². The molecule has 0 amide bonds. The van der Waals surface area contributed by atoms with Crippen molar-refractivity contribution in [1.82, 2.24) is 19.6 Å². The lowest BCUT2D eigenvalue weighted by atomic mass is 10.3. The number of halogens is 1. The van der Waals surface area contributed by atoms with E-state index in [4.69, 9.17) is 11.6 Å². The molecule has 7 heteroatoms. The fourth-order valence-corrected chi connectivity index (χ4v) is 1.51. The number of aromatic nitrogens is 4. The molecule has 2 N–H and O–H groups in total. The highest BCUT2D eigenvalue weighted by atomic mass is 35.5. The second kappa shape index (κ2) is 4.23. The van der Waals surface area contributed by atoms with Gasteiger partial charge in [-0.25, -0.2) is 0 Å². The van der Waals surface area contributed by atoms with Crippen LogP contribution in [0.5, 0.6) is 0 Å². The van der Waals surface area contributed by atoms with E-state index in [-0.39, 0.29) is 0 Å². The van der Waals surface area contributed by atoms with Gasteiger partial charge < -0.3 is 10.4 Å². The molecule has 0 fully saturated rings. The van der Waals surface area contributed by atoms with Gasteiger partial charge in [-0.05, 0) is 13.8 Å². The van der Waals surface area contributed by atoms with E-state index < -0.39 is 6.10 Å². The zero-order valence-corrected chi connectivity index (χ0v) is 9.73. The van der Waals surface area contributed by atoms with Gasteiger partial charge in [0.05, 0.1) is 6.10 Å². The van der Waals surface area contributed by atoms with Crippen molar-refractivity contribution < 1.29 is 5.11 Å². The van der Waals surface area contributed by atoms with Crippen LogP contribution in [0.25, 0.3) is 5.78 Å². The van der Waals surface area contributed by atoms with Crippen molar-refractivity contribution in [1.29, 1.82) is 0 Å². The van der Waals surface area contributed by atoms with E-state index in [9.17, 15) is 5.11 Å². The summed E-state index contributed by atoms with van der Waals surface area (Å²) in [7, 11) is 0. The second-order valence-electron chi connectivity index (χ2n) is 3.58. The van der Waals surface area contributed by atoms with E-state index >= 15 is 0 Å². The van der Waals surface area contributed by atoms with Gasteiger partial charge in [-0.3, -0.25) is 0 Å². The van der Waals surface area contributed by atoms with Crippen LogP contribution < -0.4 is 5.32 Å². The van der Waals surface area contributed by atoms with Gasteiger partial charge in [0, 0.05) is 12.1 Å². The molecule has 2 heterocycles. The zero-order valence-electron chi connectivity index (χ0n) is 8.98. The van der Waals surface area contributed by atoms with Crippen LogP contribution in [-0.2, 0) is 0 Å². The maximum Gasteiger partial charge on any atom is 0.255 e. The number of hydrogen-bond acceptors (Lipinski definition) is 5. The summed E-state index contributed by atoms with van der Waals surface area (Å²) in [6.45, 7) is 3.95. The van der Waals surface area contributed by atoms with E-state index in [1.165, 1.54) is 6.33 Å². The second-order valence-corrected chi connectivity index (χ2v) is 3.94. The van der Waals surface area contributed by atoms with Crippen molar-refractivity contribution in [3.05, 3.63) is 17.0 Å². The van der Waals surface area contributed by atoms with Crippen LogP contribution >= 0.6 is 11.6 Å². The highest BCUT2D eigenvalue weighted by molar-refractivity contribution is 6.30. The van der Waals surface area contributed by atoms with Gasteiger partial charge >= 0.3 is 0 Å². The molecule has 0 aliphatic carbocycles. The van der Waals surface area contributed by atoms with E-state index in [0.29, 0.717) is 23.3 Å². The van der Waals surface area contributed by atoms with Crippen LogP contribution in [0.3, 0.4) is 0 Å². The Balaban J connectivity index is 2.47. The third-order valence-electron chi connectivity index (χ3n) is 2.17. The first-order valence-electron chi connectivity index (χ1n) is 4.87. The zero-order chi connectivity index (χ0) is 11.7. The van der Waals surface area contributed by atoms with Crippen LogP contribution in [0.2, 0.25) is 5.15 Å². The van der Waals surface area contributed by atoms with Gasteiger partial charge in [0.25, 0.3) is 5.78 Å². The molecule has 0 aromatic carbocycles. The van der Waals surface area contributed by atoms with Gasteiger partial charge in [-0.1, -0.05) is 11.6 Å².